The Morgan fingerprint density at radius 1 is 1.56 bits per heavy atom. The molecule has 6 nitrogen and oxygen atoms in total. The first kappa shape index (κ1) is 14.5. The first-order valence-electron chi connectivity index (χ1n) is 6.17. The SMILES string of the molecule is CCc1[nH]nc(C(=O)N(C)CCOC(C)C)c1N. The van der Waals surface area contributed by atoms with Crippen LogP contribution in [0.15, 0.2) is 0 Å². The molecule has 1 heterocycles. The second kappa shape index (κ2) is 6.39. The van der Waals surface area contributed by atoms with Gasteiger partial charge in [0.1, 0.15) is 0 Å². The maximum absolute atomic E-state index is 12.1. The van der Waals surface area contributed by atoms with Gasteiger partial charge in [0.05, 0.1) is 24.1 Å². The van der Waals surface area contributed by atoms with Crippen molar-refractivity contribution in [3.05, 3.63) is 11.4 Å². The van der Waals surface area contributed by atoms with Crippen molar-refractivity contribution in [3.63, 3.8) is 0 Å². The van der Waals surface area contributed by atoms with Crippen molar-refractivity contribution in [3.8, 4) is 0 Å². The predicted octanol–water partition coefficient (Wildman–Crippen LogP) is 1.05. The van der Waals surface area contributed by atoms with Gasteiger partial charge in [-0.05, 0) is 20.3 Å². The van der Waals surface area contributed by atoms with Gasteiger partial charge in [0.2, 0.25) is 0 Å². The Morgan fingerprint density at radius 3 is 2.72 bits per heavy atom. The number of nitrogen functional groups attached to an aromatic ring is 1. The number of amides is 1. The van der Waals surface area contributed by atoms with Gasteiger partial charge in [-0.1, -0.05) is 6.92 Å². The maximum Gasteiger partial charge on any atom is 0.276 e. The van der Waals surface area contributed by atoms with Crippen LogP contribution < -0.4 is 5.73 Å². The van der Waals surface area contributed by atoms with Crippen molar-refractivity contribution >= 4 is 11.6 Å². The normalized spacial score (nSPS) is 10.9. The van der Waals surface area contributed by atoms with Gasteiger partial charge in [-0.15, -0.1) is 0 Å². The minimum absolute atomic E-state index is 0.163. The summed E-state index contributed by atoms with van der Waals surface area (Å²) in [5, 5.41) is 6.75. The number of carbonyl (C=O) groups excluding carboxylic acids is 1. The molecule has 0 unspecified atom stereocenters. The van der Waals surface area contributed by atoms with Crippen molar-refractivity contribution in [1.29, 1.82) is 0 Å². The molecule has 0 fully saturated rings. The van der Waals surface area contributed by atoms with Crippen LogP contribution >= 0.6 is 0 Å². The molecule has 0 saturated heterocycles. The third-order valence-corrected chi connectivity index (χ3v) is 2.66. The molecule has 0 radical (unpaired) electrons. The van der Waals surface area contributed by atoms with Crippen LogP contribution in [0.4, 0.5) is 5.69 Å². The van der Waals surface area contributed by atoms with Gasteiger partial charge >= 0.3 is 0 Å². The third-order valence-electron chi connectivity index (χ3n) is 2.66. The summed E-state index contributed by atoms with van der Waals surface area (Å²) >= 11 is 0. The van der Waals surface area contributed by atoms with Crippen LogP contribution in [-0.4, -0.2) is 47.3 Å². The second-order valence-electron chi connectivity index (χ2n) is 4.46. The molecule has 6 heteroatoms. The summed E-state index contributed by atoms with van der Waals surface area (Å²) in [7, 11) is 1.71. The largest absolute Gasteiger partial charge is 0.395 e. The molecular weight excluding hydrogens is 232 g/mol. The molecule has 0 spiro atoms. The number of hydrogen-bond donors (Lipinski definition) is 2. The summed E-state index contributed by atoms with van der Waals surface area (Å²) in [6.45, 7) is 6.90. The van der Waals surface area contributed by atoms with E-state index in [9.17, 15) is 4.79 Å². The van der Waals surface area contributed by atoms with Gasteiger partial charge in [-0.2, -0.15) is 5.10 Å². The number of carbonyl (C=O) groups is 1. The number of nitrogens with one attached hydrogen (secondary N) is 1. The van der Waals surface area contributed by atoms with Crippen molar-refractivity contribution in [2.45, 2.75) is 33.3 Å². The van der Waals surface area contributed by atoms with E-state index in [1.807, 2.05) is 20.8 Å². The zero-order valence-electron chi connectivity index (χ0n) is 11.5. The number of aromatic amines is 1. The lowest BCUT2D eigenvalue weighted by Crippen LogP contribution is -2.31. The zero-order chi connectivity index (χ0) is 13.7. The van der Waals surface area contributed by atoms with Crippen molar-refractivity contribution in [1.82, 2.24) is 15.1 Å². The van der Waals surface area contributed by atoms with E-state index in [1.165, 1.54) is 0 Å². The van der Waals surface area contributed by atoms with Gasteiger partial charge < -0.3 is 15.4 Å². The highest BCUT2D eigenvalue weighted by atomic mass is 16.5. The number of nitrogens with two attached hydrogens (primary N) is 1. The Kier molecular flexibility index (Phi) is 5.15. The number of rotatable bonds is 6. The lowest BCUT2D eigenvalue weighted by atomic mass is 10.2. The fraction of sp³-hybridized carbons (Fsp3) is 0.667. The van der Waals surface area contributed by atoms with E-state index in [0.717, 1.165) is 12.1 Å². The fourth-order valence-electron chi connectivity index (χ4n) is 1.53. The van der Waals surface area contributed by atoms with Gasteiger partial charge in [-0.25, -0.2) is 0 Å². The highest BCUT2D eigenvalue weighted by Gasteiger charge is 2.19. The Balaban J connectivity index is 2.60. The molecule has 0 aliphatic heterocycles. The number of hydrogen-bond acceptors (Lipinski definition) is 4. The summed E-state index contributed by atoms with van der Waals surface area (Å²) in [4.78, 5) is 13.6. The van der Waals surface area contributed by atoms with Gasteiger partial charge in [0, 0.05) is 13.6 Å². The second-order valence-corrected chi connectivity index (χ2v) is 4.46. The van der Waals surface area contributed by atoms with Crippen molar-refractivity contribution in [2.75, 3.05) is 25.9 Å². The maximum atomic E-state index is 12.1. The summed E-state index contributed by atoms with van der Waals surface area (Å²) in [5.74, 6) is -0.184. The van der Waals surface area contributed by atoms with Crippen molar-refractivity contribution < 1.29 is 9.53 Å². The Morgan fingerprint density at radius 2 is 2.22 bits per heavy atom. The Bertz CT molecular complexity index is 401. The number of nitrogens with zero attached hydrogens (tertiary/aromatic N) is 2. The minimum Gasteiger partial charge on any atom is -0.395 e. The molecule has 0 saturated carbocycles. The van der Waals surface area contributed by atoms with E-state index in [4.69, 9.17) is 10.5 Å². The van der Waals surface area contributed by atoms with E-state index in [1.54, 1.807) is 11.9 Å². The smallest absolute Gasteiger partial charge is 0.276 e. The third kappa shape index (κ3) is 3.46. The molecule has 1 aromatic heterocycles. The van der Waals surface area contributed by atoms with E-state index < -0.39 is 0 Å². The average Bonchev–Trinajstić information content (AvgIpc) is 2.68. The number of anilines is 1. The molecule has 3 N–H and O–H groups in total. The molecule has 1 rings (SSSR count). The van der Waals surface area contributed by atoms with Crippen LogP contribution in [0, 0.1) is 0 Å². The average molecular weight is 254 g/mol. The zero-order valence-corrected chi connectivity index (χ0v) is 11.5. The van der Waals surface area contributed by atoms with Gasteiger partial charge in [0.15, 0.2) is 5.69 Å². The fourth-order valence-corrected chi connectivity index (χ4v) is 1.53. The van der Waals surface area contributed by atoms with E-state index in [-0.39, 0.29) is 12.0 Å². The summed E-state index contributed by atoms with van der Waals surface area (Å²) in [6, 6.07) is 0. The molecule has 0 bridgehead atoms. The molecular formula is C12H22N4O2. The number of aromatic nitrogens is 2. The van der Waals surface area contributed by atoms with Gasteiger partial charge in [0.25, 0.3) is 5.91 Å². The quantitative estimate of drug-likeness (QED) is 0.794. The minimum atomic E-state index is -0.184. The summed E-state index contributed by atoms with van der Waals surface area (Å²) < 4.78 is 5.40. The van der Waals surface area contributed by atoms with Crippen LogP contribution in [0.2, 0.25) is 0 Å². The van der Waals surface area contributed by atoms with E-state index in [0.29, 0.717) is 24.5 Å². The van der Waals surface area contributed by atoms with E-state index in [2.05, 4.69) is 10.2 Å². The first-order valence-corrected chi connectivity index (χ1v) is 6.17. The van der Waals surface area contributed by atoms with Crippen LogP contribution in [0.25, 0.3) is 0 Å². The number of likely N-dealkylation sites (N-methyl/N-ethyl adjacent to an activating group) is 1. The first-order chi connectivity index (χ1) is 8.47. The molecule has 1 aromatic rings. The molecule has 102 valence electrons. The van der Waals surface area contributed by atoms with Crippen LogP contribution in [0.5, 0.6) is 0 Å². The number of aryl methyl sites for hydroxylation is 1. The standard InChI is InChI=1S/C12H22N4O2/c1-5-9-10(13)11(15-14-9)12(17)16(4)6-7-18-8(2)3/h8H,5-7,13H2,1-4H3,(H,14,15). The molecule has 0 aliphatic carbocycles. The highest BCUT2D eigenvalue weighted by Crippen LogP contribution is 2.15. The lowest BCUT2D eigenvalue weighted by Gasteiger charge is -2.17. The van der Waals surface area contributed by atoms with Crippen molar-refractivity contribution in [2.24, 2.45) is 0 Å². The topological polar surface area (TPSA) is 84.2 Å². The Hall–Kier alpha value is -1.56. The number of ether oxygens (including phenoxy) is 1. The van der Waals surface area contributed by atoms with Crippen LogP contribution in [0.1, 0.15) is 37.0 Å². The monoisotopic (exact) mass is 254 g/mol. The van der Waals surface area contributed by atoms with Crippen LogP contribution in [0.3, 0.4) is 0 Å². The summed E-state index contributed by atoms with van der Waals surface area (Å²) in [6.07, 6.45) is 0.891. The molecule has 0 atom stereocenters. The Labute approximate surface area is 107 Å². The molecule has 0 aliphatic rings. The molecule has 18 heavy (non-hydrogen) atoms. The molecule has 1 amide bonds. The predicted molar refractivity (Wildman–Crippen MR) is 70.4 cm³/mol. The van der Waals surface area contributed by atoms with Gasteiger partial charge in [-0.3, -0.25) is 9.89 Å². The lowest BCUT2D eigenvalue weighted by molar-refractivity contribution is 0.0529. The summed E-state index contributed by atoms with van der Waals surface area (Å²) in [5.41, 5.74) is 7.39. The highest BCUT2D eigenvalue weighted by molar-refractivity contribution is 5.97. The van der Waals surface area contributed by atoms with Crippen LogP contribution in [-0.2, 0) is 11.2 Å². The number of H-pyrrole nitrogens is 1. The molecule has 0 aromatic carbocycles. The van der Waals surface area contributed by atoms with E-state index >= 15 is 0 Å².